The average Bonchev–Trinajstić information content (AvgIpc) is 2.83. The fourth-order valence-corrected chi connectivity index (χ4v) is 2.15. The van der Waals surface area contributed by atoms with E-state index in [1.807, 2.05) is 12.1 Å². The molecule has 1 spiro atoms. The van der Waals surface area contributed by atoms with E-state index in [-0.39, 0.29) is 11.3 Å². The minimum absolute atomic E-state index is 0.124. The summed E-state index contributed by atoms with van der Waals surface area (Å²) in [6.07, 6.45) is 2.05. The highest BCUT2D eigenvalue weighted by atomic mass is 16.2. The Morgan fingerprint density at radius 3 is 2.85 bits per heavy atom. The van der Waals surface area contributed by atoms with Crippen LogP contribution >= 0.6 is 0 Å². The van der Waals surface area contributed by atoms with Gasteiger partial charge in [0.05, 0.1) is 5.41 Å². The maximum absolute atomic E-state index is 11.6. The Morgan fingerprint density at radius 1 is 1.38 bits per heavy atom. The van der Waals surface area contributed by atoms with Crippen LogP contribution in [0.3, 0.4) is 0 Å². The van der Waals surface area contributed by atoms with Crippen molar-refractivity contribution in [3.8, 4) is 0 Å². The molecule has 2 aliphatic rings. The normalized spacial score (nSPS) is 21.5. The summed E-state index contributed by atoms with van der Waals surface area (Å²) in [6.45, 7) is 2.07. The Kier molecular flexibility index (Phi) is 1.07. The maximum Gasteiger partial charge on any atom is 0.235 e. The molecule has 1 saturated carbocycles. The van der Waals surface area contributed by atoms with Gasteiger partial charge in [-0.1, -0.05) is 17.7 Å². The van der Waals surface area contributed by atoms with Gasteiger partial charge in [0, 0.05) is 5.69 Å². The topological polar surface area (TPSA) is 29.1 Å². The van der Waals surface area contributed by atoms with E-state index < -0.39 is 0 Å². The molecule has 0 radical (unpaired) electrons. The smallest absolute Gasteiger partial charge is 0.235 e. The monoisotopic (exact) mass is 173 g/mol. The minimum atomic E-state index is -0.124. The summed E-state index contributed by atoms with van der Waals surface area (Å²) in [5, 5.41) is 2.94. The Balaban J connectivity index is 2.24. The highest BCUT2D eigenvalue weighted by Gasteiger charge is 2.56. The van der Waals surface area contributed by atoms with Gasteiger partial charge >= 0.3 is 0 Å². The molecule has 1 aromatic rings. The third kappa shape index (κ3) is 0.755. The number of hydrogen-bond acceptors (Lipinski definition) is 1. The molecule has 1 aliphatic heterocycles. The summed E-state index contributed by atoms with van der Waals surface area (Å²) in [7, 11) is 0. The van der Waals surface area contributed by atoms with E-state index in [2.05, 4.69) is 18.3 Å². The lowest BCUT2D eigenvalue weighted by atomic mass is 9.96. The van der Waals surface area contributed by atoms with Crippen LogP contribution in [-0.4, -0.2) is 5.91 Å². The molecule has 1 fully saturated rings. The molecule has 1 aromatic carbocycles. The van der Waals surface area contributed by atoms with Crippen molar-refractivity contribution in [2.45, 2.75) is 25.2 Å². The van der Waals surface area contributed by atoms with Crippen molar-refractivity contribution in [3.05, 3.63) is 29.3 Å². The van der Waals surface area contributed by atoms with E-state index in [0.29, 0.717) is 0 Å². The molecule has 0 saturated heterocycles. The van der Waals surface area contributed by atoms with Crippen LogP contribution in [0.1, 0.15) is 24.0 Å². The number of fused-ring (bicyclic) bond motifs is 2. The molecule has 0 atom stereocenters. The molecule has 2 heteroatoms. The Hall–Kier alpha value is -1.31. The highest BCUT2D eigenvalue weighted by Crippen LogP contribution is 2.55. The second kappa shape index (κ2) is 1.95. The van der Waals surface area contributed by atoms with Crippen molar-refractivity contribution in [2.75, 3.05) is 5.32 Å². The van der Waals surface area contributed by atoms with E-state index >= 15 is 0 Å². The van der Waals surface area contributed by atoms with Crippen molar-refractivity contribution >= 4 is 11.6 Å². The first-order chi connectivity index (χ1) is 6.22. The molecule has 13 heavy (non-hydrogen) atoms. The van der Waals surface area contributed by atoms with Crippen LogP contribution < -0.4 is 5.32 Å². The summed E-state index contributed by atoms with van der Waals surface area (Å²) < 4.78 is 0. The average molecular weight is 173 g/mol. The summed E-state index contributed by atoms with van der Waals surface area (Å²) in [6, 6.07) is 6.19. The lowest BCUT2D eigenvalue weighted by Crippen LogP contribution is -2.18. The third-order valence-corrected chi connectivity index (χ3v) is 3.12. The molecule has 1 aliphatic carbocycles. The van der Waals surface area contributed by atoms with Crippen molar-refractivity contribution in [2.24, 2.45) is 0 Å². The van der Waals surface area contributed by atoms with Gasteiger partial charge < -0.3 is 5.32 Å². The SMILES string of the molecule is Cc1ccc2c(c1)C1(CC1)C(=O)N2. The molecule has 1 amide bonds. The van der Waals surface area contributed by atoms with Gasteiger partial charge in [0.25, 0.3) is 0 Å². The van der Waals surface area contributed by atoms with Gasteiger partial charge in [-0.2, -0.15) is 0 Å². The quantitative estimate of drug-likeness (QED) is 0.638. The molecular weight excluding hydrogens is 162 g/mol. The molecule has 0 bridgehead atoms. The molecule has 1 heterocycles. The number of aryl methyl sites for hydroxylation is 1. The lowest BCUT2D eigenvalue weighted by molar-refractivity contribution is -0.117. The number of benzene rings is 1. The van der Waals surface area contributed by atoms with Crippen molar-refractivity contribution in [1.29, 1.82) is 0 Å². The molecule has 3 rings (SSSR count). The first-order valence-electron chi connectivity index (χ1n) is 4.65. The summed E-state index contributed by atoms with van der Waals surface area (Å²) in [4.78, 5) is 11.6. The zero-order valence-corrected chi connectivity index (χ0v) is 7.55. The predicted octanol–water partition coefficient (Wildman–Crippen LogP) is 1.98. The number of nitrogens with one attached hydrogen (secondary N) is 1. The molecule has 66 valence electrons. The Bertz CT molecular complexity index is 405. The van der Waals surface area contributed by atoms with Gasteiger partial charge in [0.15, 0.2) is 0 Å². The van der Waals surface area contributed by atoms with Crippen molar-refractivity contribution in [1.82, 2.24) is 0 Å². The van der Waals surface area contributed by atoms with E-state index in [1.165, 1.54) is 11.1 Å². The fourth-order valence-electron chi connectivity index (χ4n) is 2.15. The van der Waals surface area contributed by atoms with E-state index in [4.69, 9.17) is 0 Å². The number of carbonyl (C=O) groups excluding carboxylic acids is 1. The van der Waals surface area contributed by atoms with E-state index in [9.17, 15) is 4.79 Å². The zero-order valence-electron chi connectivity index (χ0n) is 7.55. The second-order valence-electron chi connectivity index (χ2n) is 4.09. The summed E-state index contributed by atoms with van der Waals surface area (Å²) >= 11 is 0. The predicted molar refractivity (Wildman–Crippen MR) is 50.7 cm³/mol. The van der Waals surface area contributed by atoms with Gasteiger partial charge in [-0.05, 0) is 31.4 Å². The Labute approximate surface area is 77.0 Å². The van der Waals surface area contributed by atoms with Gasteiger partial charge in [0.1, 0.15) is 0 Å². The van der Waals surface area contributed by atoms with E-state index in [0.717, 1.165) is 18.5 Å². The summed E-state index contributed by atoms with van der Waals surface area (Å²) in [5.74, 6) is 0.202. The van der Waals surface area contributed by atoms with Crippen molar-refractivity contribution < 1.29 is 4.79 Å². The third-order valence-electron chi connectivity index (χ3n) is 3.12. The number of carbonyl (C=O) groups is 1. The fraction of sp³-hybridized carbons (Fsp3) is 0.364. The molecule has 1 N–H and O–H groups in total. The first kappa shape index (κ1) is 7.13. The molecule has 0 unspecified atom stereocenters. The van der Waals surface area contributed by atoms with Crippen LogP contribution in [0.25, 0.3) is 0 Å². The second-order valence-corrected chi connectivity index (χ2v) is 4.09. The van der Waals surface area contributed by atoms with Gasteiger partial charge in [0.2, 0.25) is 5.91 Å². The highest BCUT2D eigenvalue weighted by molar-refractivity contribution is 6.08. The summed E-state index contributed by atoms with van der Waals surface area (Å²) in [5.41, 5.74) is 3.36. The molecule has 0 aromatic heterocycles. The van der Waals surface area contributed by atoms with Crippen LogP contribution in [0.4, 0.5) is 5.69 Å². The standard InChI is InChI=1S/C11H11NO/c1-7-2-3-9-8(6-7)11(4-5-11)10(13)12-9/h2-3,6H,4-5H2,1H3,(H,12,13). The minimum Gasteiger partial charge on any atom is -0.325 e. The first-order valence-corrected chi connectivity index (χ1v) is 4.65. The van der Waals surface area contributed by atoms with Crippen molar-refractivity contribution in [3.63, 3.8) is 0 Å². The van der Waals surface area contributed by atoms with Gasteiger partial charge in [-0.15, -0.1) is 0 Å². The largest absolute Gasteiger partial charge is 0.325 e. The lowest BCUT2D eigenvalue weighted by Gasteiger charge is -2.04. The molecular formula is C11H11NO. The number of anilines is 1. The number of amides is 1. The van der Waals surface area contributed by atoms with Crippen LogP contribution in [0, 0.1) is 6.92 Å². The Morgan fingerprint density at radius 2 is 2.15 bits per heavy atom. The molecule has 2 nitrogen and oxygen atoms in total. The van der Waals surface area contributed by atoms with E-state index in [1.54, 1.807) is 0 Å². The van der Waals surface area contributed by atoms with Crippen LogP contribution in [0.15, 0.2) is 18.2 Å². The van der Waals surface area contributed by atoms with Crippen LogP contribution in [0.2, 0.25) is 0 Å². The number of rotatable bonds is 0. The van der Waals surface area contributed by atoms with Crippen LogP contribution in [0.5, 0.6) is 0 Å². The maximum atomic E-state index is 11.6. The van der Waals surface area contributed by atoms with Gasteiger partial charge in [-0.3, -0.25) is 4.79 Å². The van der Waals surface area contributed by atoms with Gasteiger partial charge in [-0.25, -0.2) is 0 Å². The van der Waals surface area contributed by atoms with Crippen LogP contribution in [-0.2, 0) is 10.2 Å². The zero-order chi connectivity index (χ0) is 9.05. The number of hydrogen-bond donors (Lipinski definition) is 1.